The van der Waals surface area contributed by atoms with E-state index in [4.69, 9.17) is 11.6 Å². The summed E-state index contributed by atoms with van der Waals surface area (Å²) in [6, 6.07) is 12.5. The van der Waals surface area contributed by atoms with Gasteiger partial charge in [0.1, 0.15) is 10.5 Å². The van der Waals surface area contributed by atoms with Crippen molar-refractivity contribution in [1.82, 2.24) is 24.6 Å². The number of carbonyl (C=O) groups excluding carboxylic acids is 2. The average molecular weight is 524 g/mol. The van der Waals surface area contributed by atoms with Crippen LogP contribution in [0.15, 0.2) is 48.7 Å². The molecule has 0 radical (unpaired) electrons. The molecule has 0 spiro atoms. The predicted octanol–water partition coefficient (Wildman–Crippen LogP) is 4.51. The van der Waals surface area contributed by atoms with Crippen molar-refractivity contribution in [3.63, 3.8) is 0 Å². The summed E-state index contributed by atoms with van der Waals surface area (Å²) in [7, 11) is 0. The molecule has 1 aromatic carbocycles. The van der Waals surface area contributed by atoms with Crippen LogP contribution in [0.25, 0.3) is 10.3 Å². The number of pyridine rings is 1. The Morgan fingerprint density at radius 2 is 1.83 bits per heavy atom. The highest BCUT2D eigenvalue weighted by Crippen LogP contribution is 2.33. The molecule has 1 saturated heterocycles. The lowest BCUT2D eigenvalue weighted by atomic mass is 10.1. The van der Waals surface area contributed by atoms with Gasteiger partial charge in [-0.3, -0.25) is 14.9 Å². The molecule has 2 amide bonds. The van der Waals surface area contributed by atoms with Crippen molar-refractivity contribution in [3.05, 3.63) is 64.9 Å². The van der Waals surface area contributed by atoms with E-state index in [1.807, 2.05) is 43.9 Å². The molecule has 9 nitrogen and oxygen atoms in total. The zero-order valence-corrected chi connectivity index (χ0v) is 21.8. The maximum absolute atomic E-state index is 13.6. The number of amides is 2. The summed E-state index contributed by atoms with van der Waals surface area (Å²) >= 11 is 7.28. The number of anilines is 2. The molecule has 0 bridgehead atoms. The monoisotopic (exact) mass is 523 g/mol. The smallest absolute Gasteiger partial charge is 0.276 e. The van der Waals surface area contributed by atoms with Gasteiger partial charge >= 0.3 is 0 Å². The van der Waals surface area contributed by atoms with Crippen LogP contribution in [0.5, 0.6) is 0 Å². The predicted molar refractivity (Wildman–Crippen MR) is 142 cm³/mol. The van der Waals surface area contributed by atoms with Crippen LogP contribution >= 0.6 is 22.9 Å². The topological polar surface area (TPSA) is 96.3 Å². The zero-order valence-electron chi connectivity index (χ0n) is 20.2. The number of hydrogen-bond acceptors (Lipinski definition) is 7. The van der Waals surface area contributed by atoms with E-state index in [1.165, 1.54) is 11.3 Å². The van der Waals surface area contributed by atoms with Gasteiger partial charge in [0.05, 0.1) is 5.54 Å². The summed E-state index contributed by atoms with van der Waals surface area (Å²) < 4.78 is 2.41. The number of rotatable bonds is 4. The van der Waals surface area contributed by atoms with Crippen LogP contribution in [0.4, 0.5) is 10.9 Å². The van der Waals surface area contributed by atoms with Gasteiger partial charge in [0.15, 0.2) is 16.5 Å². The third-order valence-corrected chi connectivity index (χ3v) is 7.11. The largest absolute Gasteiger partial charge is 0.353 e. The molecular weight excluding hydrogens is 498 g/mol. The Labute approximate surface area is 217 Å². The van der Waals surface area contributed by atoms with Crippen LogP contribution in [0.3, 0.4) is 0 Å². The van der Waals surface area contributed by atoms with Gasteiger partial charge < -0.3 is 9.80 Å². The van der Waals surface area contributed by atoms with E-state index in [2.05, 4.69) is 25.3 Å². The lowest BCUT2D eigenvalue weighted by Gasteiger charge is -2.35. The Bertz CT molecular complexity index is 1420. The van der Waals surface area contributed by atoms with E-state index in [1.54, 1.807) is 35.1 Å². The minimum absolute atomic E-state index is 0.139. The second-order valence-corrected chi connectivity index (χ2v) is 11.0. The highest BCUT2D eigenvalue weighted by Gasteiger charge is 2.31. The maximum Gasteiger partial charge on any atom is 0.276 e. The number of halogens is 1. The van der Waals surface area contributed by atoms with Crippen molar-refractivity contribution >= 4 is 56.0 Å². The van der Waals surface area contributed by atoms with E-state index < -0.39 is 5.54 Å². The Morgan fingerprint density at radius 1 is 1.06 bits per heavy atom. The zero-order chi connectivity index (χ0) is 25.4. The summed E-state index contributed by atoms with van der Waals surface area (Å²) in [6.07, 6.45) is 1.77. The van der Waals surface area contributed by atoms with E-state index in [9.17, 15) is 9.59 Å². The average Bonchev–Trinajstić information content (AvgIpc) is 3.42. The Morgan fingerprint density at radius 3 is 2.50 bits per heavy atom. The molecule has 11 heteroatoms. The number of nitrogens with zero attached hydrogens (tertiary/aromatic N) is 6. The Kier molecular flexibility index (Phi) is 6.40. The quantitative estimate of drug-likeness (QED) is 0.423. The van der Waals surface area contributed by atoms with Crippen molar-refractivity contribution in [1.29, 1.82) is 0 Å². The number of thiazole rings is 1. The number of fused-ring (bicyclic) bond motifs is 1. The summed E-state index contributed by atoms with van der Waals surface area (Å²) in [5.41, 5.74) is 0.953. The molecule has 0 atom stereocenters. The second-order valence-electron chi connectivity index (χ2n) is 9.53. The molecule has 36 heavy (non-hydrogen) atoms. The highest BCUT2D eigenvalue weighted by molar-refractivity contribution is 7.22. The van der Waals surface area contributed by atoms with Crippen LogP contribution in [-0.4, -0.2) is 62.6 Å². The number of carbonyl (C=O) groups is 2. The van der Waals surface area contributed by atoms with Crippen molar-refractivity contribution in [2.45, 2.75) is 26.3 Å². The minimum atomic E-state index is -0.406. The molecule has 0 unspecified atom stereocenters. The molecule has 1 fully saturated rings. The van der Waals surface area contributed by atoms with Gasteiger partial charge in [-0.05, 0) is 51.1 Å². The normalized spacial score (nSPS) is 14.3. The van der Waals surface area contributed by atoms with Crippen LogP contribution in [0.2, 0.25) is 5.02 Å². The Hall–Kier alpha value is -3.50. The van der Waals surface area contributed by atoms with Gasteiger partial charge in [0, 0.05) is 43.0 Å². The SMILES string of the molecule is CC(C)(C)n1nc(C(=O)N2CCN(c3ccccn3)CC2)c2sc(NC(=O)c3cccc(Cl)c3)nc21. The summed E-state index contributed by atoms with van der Waals surface area (Å²) in [5, 5.41) is 8.40. The highest BCUT2D eigenvalue weighted by atomic mass is 35.5. The van der Waals surface area contributed by atoms with Crippen LogP contribution in [0, 0.1) is 0 Å². The lowest BCUT2D eigenvalue weighted by molar-refractivity contribution is 0.0740. The first kappa shape index (κ1) is 24.2. The number of hydrogen-bond donors (Lipinski definition) is 1. The standard InChI is InChI=1S/C25H26ClN7O2S/c1-25(2,3)33-21-20(36-24(28-21)29-22(34)16-7-6-8-17(26)15-16)19(30-33)23(35)32-13-11-31(12-14-32)18-9-4-5-10-27-18/h4-10,15H,11-14H2,1-3H3,(H,28,29,34). The third-order valence-electron chi connectivity index (χ3n) is 5.91. The first-order valence-electron chi connectivity index (χ1n) is 11.6. The lowest BCUT2D eigenvalue weighted by Crippen LogP contribution is -2.49. The molecule has 1 aliphatic heterocycles. The number of nitrogens with one attached hydrogen (secondary N) is 1. The van der Waals surface area contributed by atoms with Crippen molar-refractivity contribution < 1.29 is 9.59 Å². The molecule has 4 aromatic rings. The maximum atomic E-state index is 13.6. The van der Waals surface area contributed by atoms with Crippen LogP contribution in [-0.2, 0) is 5.54 Å². The van der Waals surface area contributed by atoms with E-state index in [0.29, 0.717) is 57.9 Å². The fourth-order valence-corrected chi connectivity index (χ4v) is 5.20. The van der Waals surface area contributed by atoms with Gasteiger partial charge in [-0.15, -0.1) is 0 Å². The van der Waals surface area contributed by atoms with Gasteiger partial charge in [0.25, 0.3) is 11.8 Å². The summed E-state index contributed by atoms with van der Waals surface area (Å²) in [6.45, 7) is 8.52. The Balaban J connectivity index is 1.40. The van der Waals surface area contributed by atoms with E-state index >= 15 is 0 Å². The van der Waals surface area contributed by atoms with Gasteiger partial charge in [-0.2, -0.15) is 10.1 Å². The molecule has 4 heterocycles. The number of benzene rings is 1. The molecule has 186 valence electrons. The second kappa shape index (κ2) is 9.51. The molecule has 5 rings (SSSR count). The molecule has 1 N–H and O–H groups in total. The summed E-state index contributed by atoms with van der Waals surface area (Å²) in [4.78, 5) is 39.4. The first-order valence-corrected chi connectivity index (χ1v) is 12.8. The van der Waals surface area contributed by atoms with Gasteiger partial charge in [-0.1, -0.05) is 35.1 Å². The minimum Gasteiger partial charge on any atom is -0.353 e. The molecular formula is C25H26ClN7O2S. The summed E-state index contributed by atoms with van der Waals surface area (Å²) in [5.74, 6) is 0.453. The third kappa shape index (κ3) is 4.78. The van der Waals surface area contributed by atoms with Crippen molar-refractivity contribution in [2.24, 2.45) is 0 Å². The van der Waals surface area contributed by atoms with E-state index in [0.717, 1.165) is 5.82 Å². The van der Waals surface area contributed by atoms with Gasteiger partial charge in [0.2, 0.25) is 0 Å². The van der Waals surface area contributed by atoms with Crippen LogP contribution in [0.1, 0.15) is 41.6 Å². The molecule has 1 aliphatic rings. The molecule has 3 aromatic heterocycles. The fraction of sp³-hybridized carbons (Fsp3) is 0.320. The van der Waals surface area contributed by atoms with Crippen molar-refractivity contribution in [3.8, 4) is 0 Å². The van der Waals surface area contributed by atoms with Crippen LogP contribution < -0.4 is 10.2 Å². The number of aromatic nitrogens is 4. The van der Waals surface area contributed by atoms with E-state index in [-0.39, 0.29) is 11.8 Å². The number of piperazine rings is 1. The first-order chi connectivity index (χ1) is 17.2. The van der Waals surface area contributed by atoms with Gasteiger partial charge in [-0.25, -0.2) is 9.67 Å². The molecule has 0 aliphatic carbocycles. The fourth-order valence-electron chi connectivity index (χ4n) is 4.09. The molecule has 0 saturated carbocycles. The van der Waals surface area contributed by atoms with Crippen molar-refractivity contribution in [2.75, 3.05) is 36.4 Å².